The number of hydrogen-bond donors (Lipinski definition) is 1. The third-order valence-electron chi connectivity index (χ3n) is 5.39. The lowest BCUT2D eigenvalue weighted by atomic mass is 10.1. The molecule has 0 aliphatic rings. The Morgan fingerprint density at radius 3 is 2.56 bits per heavy atom. The summed E-state index contributed by atoms with van der Waals surface area (Å²) in [5.74, 6) is 0. The van der Waals surface area contributed by atoms with Gasteiger partial charge in [0, 0.05) is 45.7 Å². The van der Waals surface area contributed by atoms with Crippen LogP contribution in [0.15, 0.2) is 89.4 Å². The van der Waals surface area contributed by atoms with Crippen LogP contribution in [0, 0.1) is 0 Å². The molecule has 0 amide bonds. The Morgan fingerprint density at radius 2 is 1.74 bits per heavy atom. The van der Waals surface area contributed by atoms with E-state index in [4.69, 9.17) is 4.98 Å². The van der Waals surface area contributed by atoms with E-state index in [9.17, 15) is 8.42 Å². The van der Waals surface area contributed by atoms with Gasteiger partial charge >= 0.3 is 0 Å². The first-order chi connectivity index (χ1) is 16.5. The van der Waals surface area contributed by atoms with Crippen LogP contribution >= 0.6 is 11.3 Å². The Balaban J connectivity index is 1.37. The average molecular weight is 487 g/mol. The lowest BCUT2D eigenvalue weighted by Gasteiger charge is -2.10. The fourth-order valence-corrected chi connectivity index (χ4v) is 5.82. The number of nitrogens with zero attached hydrogens (tertiary/aromatic N) is 3. The third kappa shape index (κ3) is 4.55. The molecule has 0 fully saturated rings. The van der Waals surface area contributed by atoms with Crippen molar-refractivity contribution in [2.24, 2.45) is 0 Å². The van der Waals surface area contributed by atoms with E-state index in [-0.39, 0.29) is 4.90 Å². The molecule has 0 saturated heterocycles. The minimum absolute atomic E-state index is 0.151. The maximum Gasteiger partial charge on any atom is 0.264 e. The molecule has 8 heteroatoms. The third-order valence-corrected chi connectivity index (χ3v) is 7.70. The Hall–Kier alpha value is -3.62. The van der Waals surface area contributed by atoms with Crippen molar-refractivity contribution in [2.45, 2.75) is 24.7 Å². The van der Waals surface area contributed by atoms with Crippen molar-refractivity contribution in [3.05, 3.63) is 90.2 Å². The molecule has 6 nitrogen and oxygen atoms in total. The van der Waals surface area contributed by atoms with E-state index < -0.39 is 10.0 Å². The summed E-state index contributed by atoms with van der Waals surface area (Å²) in [6, 6.07) is 20.0. The minimum Gasteiger partial charge on any atom is -0.280 e. The monoisotopic (exact) mass is 486 g/mol. The molecule has 0 bridgehead atoms. The quantitative estimate of drug-likeness (QED) is 0.297. The first-order valence-corrected chi connectivity index (χ1v) is 13.3. The summed E-state index contributed by atoms with van der Waals surface area (Å²) in [7, 11) is -3.79. The molecule has 5 rings (SSSR count). The fraction of sp³-hybridized carbons (Fsp3) is 0.115. The van der Waals surface area contributed by atoms with E-state index in [2.05, 4.69) is 27.7 Å². The summed E-state index contributed by atoms with van der Waals surface area (Å²) in [6.45, 7) is 2.14. The first-order valence-electron chi connectivity index (χ1n) is 10.9. The number of sulfonamides is 1. The van der Waals surface area contributed by atoms with Crippen molar-refractivity contribution in [3.63, 3.8) is 0 Å². The highest BCUT2D eigenvalue weighted by atomic mass is 32.2. The van der Waals surface area contributed by atoms with E-state index in [0.29, 0.717) is 11.2 Å². The van der Waals surface area contributed by atoms with Gasteiger partial charge in [-0.15, -0.1) is 11.3 Å². The second-order valence-corrected chi connectivity index (χ2v) is 10.3. The van der Waals surface area contributed by atoms with Gasteiger partial charge in [-0.3, -0.25) is 14.7 Å². The van der Waals surface area contributed by atoms with E-state index in [1.165, 1.54) is 0 Å². The maximum atomic E-state index is 13.0. The number of pyridine rings is 2. The van der Waals surface area contributed by atoms with Crippen LogP contribution in [0.25, 0.3) is 32.7 Å². The van der Waals surface area contributed by atoms with Crippen LogP contribution in [0.3, 0.4) is 0 Å². The summed E-state index contributed by atoms with van der Waals surface area (Å²) in [5.41, 5.74) is 4.81. The smallest absolute Gasteiger partial charge is 0.264 e. The molecule has 0 saturated carbocycles. The number of nitrogens with one attached hydrogen (secondary N) is 1. The maximum absolute atomic E-state index is 13.0. The summed E-state index contributed by atoms with van der Waals surface area (Å²) in [4.78, 5) is 13.6. The summed E-state index contributed by atoms with van der Waals surface area (Å²) in [5, 5.41) is 3.72. The highest BCUT2D eigenvalue weighted by molar-refractivity contribution is 7.93. The van der Waals surface area contributed by atoms with Crippen molar-refractivity contribution < 1.29 is 8.42 Å². The molecule has 0 atom stereocenters. The first kappa shape index (κ1) is 22.2. The Labute approximate surface area is 202 Å². The van der Waals surface area contributed by atoms with Crippen molar-refractivity contribution in [1.82, 2.24) is 15.0 Å². The number of aromatic nitrogens is 3. The predicted octanol–water partition coefficient (Wildman–Crippen LogP) is 6.17. The number of thiazole rings is 1. The molecule has 34 heavy (non-hydrogen) atoms. The molecule has 170 valence electrons. The van der Waals surface area contributed by atoms with Gasteiger partial charge in [-0.2, -0.15) is 0 Å². The predicted molar refractivity (Wildman–Crippen MR) is 137 cm³/mol. The lowest BCUT2D eigenvalue weighted by Crippen LogP contribution is -2.13. The molecule has 3 heterocycles. The van der Waals surface area contributed by atoms with Crippen molar-refractivity contribution in [1.29, 1.82) is 0 Å². The zero-order chi connectivity index (χ0) is 23.5. The van der Waals surface area contributed by atoms with Crippen LogP contribution in [-0.4, -0.2) is 23.4 Å². The van der Waals surface area contributed by atoms with Crippen LogP contribution in [0.1, 0.15) is 19.0 Å². The van der Waals surface area contributed by atoms with Gasteiger partial charge in [0.1, 0.15) is 9.90 Å². The molecular weight excluding hydrogens is 464 g/mol. The molecule has 3 aromatic heterocycles. The van der Waals surface area contributed by atoms with Gasteiger partial charge in [-0.25, -0.2) is 13.4 Å². The standard InChI is InChI=1S/C26H22N4O2S2/c1-2-5-22-16-20(13-15-27-22)26-29-23(17-33-26)18-9-11-21(12-10-18)30-34(31,32)24-8-3-6-19-7-4-14-28-25(19)24/h3-4,6-17,30H,2,5H2,1H3. The van der Waals surface area contributed by atoms with Gasteiger partial charge in [0.05, 0.1) is 11.2 Å². The van der Waals surface area contributed by atoms with E-state index in [1.807, 2.05) is 41.9 Å². The highest BCUT2D eigenvalue weighted by Crippen LogP contribution is 2.30. The summed E-state index contributed by atoms with van der Waals surface area (Å²) >= 11 is 1.58. The van der Waals surface area contributed by atoms with Gasteiger partial charge in [0.2, 0.25) is 0 Å². The zero-order valence-corrected chi connectivity index (χ0v) is 20.1. The van der Waals surface area contributed by atoms with Gasteiger partial charge in [0.15, 0.2) is 0 Å². The van der Waals surface area contributed by atoms with E-state index in [0.717, 1.165) is 45.8 Å². The molecule has 5 aromatic rings. The number of anilines is 1. The van der Waals surface area contributed by atoms with Crippen LogP contribution in [0.5, 0.6) is 0 Å². The van der Waals surface area contributed by atoms with Crippen LogP contribution in [-0.2, 0) is 16.4 Å². The molecular formula is C26H22N4O2S2. The highest BCUT2D eigenvalue weighted by Gasteiger charge is 2.18. The Morgan fingerprint density at radius 1 is 0.912 bits per heavy atom. The lowest BCUT2D eigenvalue weighted by molar-refractivity contribution is 0.602. The topological polar surface area (TPSA) is 84.8 Å². The van der Waals surface area contributed by atoms with Crippen LogP contribution in [0.4, 0.5) is 5.69 Å². The molecule has 0 radical (unpaired) electrons. The molecule has 0 unspecified atom stereocenters. The molecule has 0 aliphatic heterocycles. The molecule has 0 aliphatic carbocycles. The second kappa shape index (κ2) is 9.32. The average Bonchev–Trinajstić information content (AvgIpc) is 3.35. The Kier molecular flexibility index (Phi) is 6.08. The molecule has 2 aromatic carbocycles. The largest absolute Gasteiger partial charge is 0.280 e. The number of hydrogen-bond acceptors (Lipinski definition) is 6. The van der Waals surface area contributed by atoms with Crippen molar-refractivity contribution >= 4 is 38.0 Å². The second-order valence-electron chi connectivity index (χ2n) is 7.84. The van der Waals surface area contributed by atoms with Crippen molar-refractivity contribution in [3.8, 4) is 21.8 Å². The van der Waals surface area contributed by atoms with Gasteiger partial charge in [-0.05, 0) is 42.8 Å². The normalized spacial score (nSPS) is 11.6. The number of aryl methyl sites for hydroxylation is 1. The number of benzene rings is 2. The number of fused-ring (bicyclic) bond motifs is 1. The number of rotatable bonds is 7. The van der Waals surface area contributed by atoms with Gasteiger partial charge in [-0.1, -0.05) is 43.7 Å². The fourth-order valence-electron chi connectivity index (χ4n) is 3.76. The summed E-state index contributed by atoms with van der Waals surface area (Å²) < 4.78 is 28.7. The van der Waals surface area contributed by atoms with Gasteiger partial charge < -0.3 is 0 Å². The van der Waals surface area contributed by atoms with Gasteiger partial charge in [0.25, 0.3) is 10.0 Å². The minimum atomic E-state index is -3.79. The number of para-hydroxylation sites is 1. The summed E-state index contributed by atoms with van der Waals surface area (Å²) in [6.07, 6.45) is 5.41. The van der Waals surface area contributed by atoms with E-state index >= 15 is 0 Å². The van der Waals surface area contributed by atoms with E-state index in [1.54, 1.807) is 47.9 Å². The molecule has 1 N–H and O–H groups in total. The van der Waals surface area contributed by atoms with Crippen LogP contribution in [0.2, 0.25) is 0 Å². The zero-order valence-electron chi connectivity index (χ0n) is 18.5. The molecule has 0 spiro atoms. The Bertz CT molecular complexity index is 1560. The SMILES string of the molecule is CCCc1cc(-c2nc(-c3ccc(NS(=O)(=O)c4cccc5cccnc45)cc3)cs2)ccn1. The van der Waals surface area contributed by atoms with Crippen LogP contribution < -0.4 is 4.72 Å². The van der Waals surface area contributed by atoms with Crippen molar-refractivity contribution in [2.75, 3.05) is 4.72 Å².